The number of ether oxygens (including phenoxy) is 1. The summed E-state index contributed by atoms with van der Waals surface area (Å²) in [4.78, 5) is 29.1. The van der Waals surface area contributed by atoms with Gasteiger partial charge in [-0.1, -0.05) is 18.7 Å². The first-order chi connectivity index (χ1) is 22.3. The maximum Gasteiger partial charge on any atom is 0.418 e. The Kier molecular flexibility index (Phi) is 8.80. The normalized spacial score (nSPS) is 22.1. The zero-order valence-corrected chi connectivity index (χ0v) is 26.3. The lowest BCUT2D eigenvalue weighted by Crippen LogP contribution is -2.55. The van der Waals surface area contributed by atoms with Crippen molar-refractivity contribution in [1.82, 2.24) is 19.8 Å². The number of nitriles is 1. The second-order valence-corrected chi connectivity index (χ2v) is 13.2. The first-order valence-corrected chi connectivity index (χ1v) is 15.9. The van der Waals surface area contributed by atoms with Gasteiger partial charge in [-0.3, -0.25) is 9.69 Å². The van der Waals surface area contributed by atoms with Crippen molar-refractivity contribution < 1.29 is 31.5 Å². The molecular formula is C33H38F5N7O2. The van der Waals surface area contributed by atoms with E-state index in [1.165, 1.54) is 25.1 Å². The molecule has 1 amide bonds. The summed E-state index contributed by atoms with van der Waals surface area (Å²) in [7, 11) is 0. The molecule has 0 bridgehead atoms. The molecule has 1 aromatic carbocycles. The van der Waals surface area contributed by atoms with E-state index in [1.807, 2.05) is 4.90 Å². The molecule has 4 aliphatic rings. The fourth-order valence-corrected chi connectivity index (χ4v) is 7.10. The van der Waals surface area contributed by atoms with Crippen LogP contribution in [0.25, 0.3) is 0 Å². The summed E-state index contributed by atoms with van der Waals surface area (Å²) in [5.74, 6) is -2.38. The van der Waals surface area contributed by atoms with Crippen molar-refractivity contribution >= 4 is 17.4 Å². The third-order valence-corrected chi connectivity index (χ3v) is 9.74. The van der Waals surface area contributed by atoms with Crippen LogP contribution in [0.2, 0.25) is 0 Å². The van der Waals surface area contributed by atoms with Gasteiger partial charge in [-0.2, -0.15) is 28.4 Å². The van der Waals surface area contributed by atoms with Crippen LogP contribution in [0.4, 0.5) is 33.5 Å². The van der Waals surface area contributed by atoms with Gasteiger partial charge in [0, 0.05) is 62.4 Å². The second kappa shape index (κ2) is 12.6. The number of hydrogen-bond donors (Lipinski definition) is 0. The number of aryl methyl sites for hydroxylation is 1. The summed E-state index contributed by atoms with van der Waals surface area (Å²) in [5.41, 5.74) is 0.569. The van der Waals surface area contributed by atoms with E-state index in [-0.39, 0.29) is 61.1 Å². The molecule has 0 spiro atoms. The van der Waals surface area contributed by atoms with Crippen molar-refractivity contribution in [3.8, 4) is 12.1 Å². The molecule has 2 saturated heterocycles. The number of carbonyl (C=O) groups excluding carboxylic acids is 1. The Hall–Kier alpha value is -3.99. The lowest BCUT2D eigenvalue weighted by molar-refractivity contribution is -0.137. The van der Waals surface area contributed by atoms with E-state index >= 15 is 0 Å². The van der Waals surface area contributed by atoms with Crippen molar-refractivity contribution in [1.29, 1.82) is 5.26 Å². The van der Waals surface area contributed by atoms with Crippen LogP contribution in [0.5, 0.6) is 6.01 Å². The molecule has 1 atom stereocenters. The van der Waals surface area contributed by atoms with E-state index in [0.29, 0.717) is 57.2 Å². The number of nitrogens with zero attached hydrogens (tertiary/aromatic N) is 7. The maximum atomic E-state index is 14.2. The fourth-order valence-electron chi connectivity index (χ4n) is 7.10. The van der Waals surface area contributed by atoms with Crippen molar-refractivity contribution in [2.45, 2.75) is 63.7 Å². The van der Waals surface area contributed by atoms with E-state index in [9.17, 15) is 32.0 Å². The molecule has 3 fully saturated rings. The third-order valence-electron chi connectivity index (χ3n) is 9.74. The Morgan fingerprint density at radius 2 is 1.94 bits per heavy atom. The van der Waals surface area contributed by atoms with Gasteiger partial charge in [-0.25, -0.2) is 8.78 Å². The van der Waals surface area contributed by atoms with Gasteiger partial charge >= 0.3 is 12.2 Å². The average molecular weight is 660 g/mol. The largest absolute Gasteiger partial charge is 0.463 e. The van der Waals surface area contributed by atoms with Gasteiger partial charge in [-0.05, 0) is 43.9 Å². The third kappa shape index (κ3) is 7.00. The molecule has 4 heterocycles. The zero-order valence-electron chi connectivity index (χ0n) is 26.3. The molecule has 0 radical (unpaired) electrons. The highest BCUT2D eigenvalue weighted by Gasteiger charge is 2.48. The molecule has 1 saturated carbocycles. The molecule has 9 nitrogen and oxygen atoms in total. The lowest BCUT2D eigenvalue weighted by atomic mass is 10.00. The van der Waals surface area contributed by atoms with Crippen LogP contribution in [-0.4, -0.2) is 90.1 Å². The first-order valence-electron chi connectivity index (χ1n) is 15.9. The minimum absolute atomic E-state index is 0.0698. The van der Waals surface area contributed by atoms with E-state index < -0.39 is 23.7 Å². The Labute approximate surface area is 270 Å². The number of halogens is 5. The number of anilines is 2. The van der Waals surface area contributed by atoms with Crippen LogP contribution < -0.4 is 14.5 Å². The molecule has 3 aliphatic heterocycles. The average Bonchev–Trinajstić information content (AvgIpc) is 3.71. The summed E-state index contributed by atoms with van der Waals surface area (Å²) in [6.07, 6.45) is -1.35. The molecule has 0 N–H and O–H groups in total. The number of fused-ring (bicyclic) bond motifs is 1. The predicted molar refractivity (Wildman–Crippen MR) is 164 cm³/mol. The SMILES string of the molecule is C=CC(=O)N1CCN(c2nc(OCC3(CN4CCC(F)(F)C4)CC3)nc3c2CCN(c2cccc(C)c2C(F)(F)F)C3)CC1CC#N. The molecular weight excluding hydrogens is 621 g/mol. The lowest BCUT2D eigenvalue weighted by Gasteiger charge is -2.42. The number of aromatic nitrogens is 2. The second-order valence-electron chi connectivity index (χ2n) is 13.2. The maximum absolute atomic E-state index is 14.2. The summed E-state index contributed by atoms with van der Waals surface area (Å²) < 4.78 is 76.4. The van der Waals surface area contributed by atoms with E-state index in [2.05, 4.69) is 12.6 Å². The smallest absolute Gasteiger partial charge is 0.418 e. The molecule has 252 valence electrons. The zero-order chi connectivity index (χ0) is 33.6. The summed E-state index contributed by atoms with van der Waals surface area (Å²) >= 11 is 0. The predicted octanol–water partition coefficient (Wildman–Crippen LogP) is 4.98. The molecule has 2 aromatic rings. The van der Waals surface area contributed by atoms with Crippen molar-refractivity contribution in [3.05, 3.63) is 53.2 Å². The van der Waals surface area contributed by atoms with Crippen LogP contribution in [0, 0.1) is 23.7 Å². The van der Waals surface area contributed by atoms with Crippen LogP contribution in [-0.2, 0) is 23.9 Å². The number of hydrogen-bond acceptors (Lipinski definition) is 8. The topological polar surface area (TPSA) is 88.8 Å². The van der Waals surface area contributed by atoms with E-state index in [1.54, 1.807) is 20.8 Å². The number of amides is 1. The van der Waals surface area contributed by atoms with Gasteiger partial charge in [-0.15, -0.1) is 0 Å². The van der Waals surface area contributed by atoms with Crippen molar-refractivity contribution in [2.24, 2.45) is 5.41 Å². The number of carbonyl (C=O) groups is 1. The molecule has 14 heteroatoms. The standard InChI is InChI=1S/C33H38F5N7O2/c1-3-27(46)45-16-15-44(17-23(45)7-12-39)29-24-8-13-43(26-6-4-5-22(2)28(26)33(36,37)38)18-25(24)40-30(41-29)47-21-31(9-10-31)19-42-14-11-32(34,35)20-42/h3-6,23H,1,7-11,13-21H2,2H3. The van der Waals surface area contributed by atoms with Crippen molar-refractivity contribution in [2.75, 3.05) is 62.2 Å². The highest BCUT2D eigenvalue weighted by atomic mass is 19.4. The molecule has 1 aromatic heterocycles. The van der Waals surface area contributed by atoms with Crippen molar-refractivity contribution in [3.63, 3.8) is 0 Å². The Balaban J connectivity index is 1.30. The van der Waals surface area contributed by atoms with Crippen LogP contribution in [0.15, 0.2) is 30.9 Å². The highest BCUT2D eigenvalue weighted by molar-refractivity contribution is 5.87. The Morgan fingerprint density at radius 1 is 1.15 bits per heavy atom. The fraction of sp³-hybridized carbons (Fsp3) is 0.576. The van der Waals surface area contributed by atoms with Crippen LogP contribution in [0.3, 0.4) is 0 Å². The number of alkyl halides is 5. The van der Waals surface area contributed by atoms with Gasteiger partial charge in [0.15, 0.2) is 0 Å². The Bertz CT molecular complexity index is 1570. The van der Waals surface area contributed by atoms with Gasteiger partial charge in [0.25, 0.3) is 5.92 Å². The number of likely N-dealkylation sites (tertiary alicyclic amines) is 1. The molecule has 6 rings (SSSR count). The minimum atomic E-state index is -4.54. The summed E-state index contributed by atoms with van der Waals surface area (Å²) in [5, 5.41) is 9.49. The van der Waals surface area contributed by atoms with Gasteiger partial charge in [0.1, 0.15) is 5.82 Å². The monoisotopic (exact) mass is 659 g/mol. The van der Waals surface area contributed by atoms with Gasteiger partial charge < -0.3 is 19.4 Å². The van der Waals surface area contributed by atoms with Gasteiger partial charge in [0.2, 0.25) is 5.91 Å². The first kappa shape index (κ1) is 32.9. The number of rotatable bonds is 9. The highest BCUT2D eigenvalue weighted by Crippen LogP contribution is 2.48. The van der Waals surface area contributed by atoms with Gasteiger partial charge in [0.05, 0.1) is 49.5 Å². The number of benzene rings is 1. The summed E-state index contributed by atoms with van der Waals surface area (Å²) in [6, 6.07) is 6.34. The Morgan fingerprint density at radius 3 is 2.60 bits per heavy atom. The number of piperazine rings is 1. The molecule has 1 aliphatic carbocycles. The van der Waals surface area contributed by atoms with Crippen LogP contribution >= 0.6 is 0 Å². The molecule has 47 heavy (non-hydrogen) atoms. The van der Waals surface area contributed by atoms with Crippen LogP contribution in [0.1, 0.15) is 48.1 Å². The minimum Gasteiger partial charge on any atom is -0.463 e. The summed E-state index contributed by atoms with van der Waals surface area (Å²) in [6.45, 7) is 7.26. The van der Waals surface area contributed by atoms with E-state index in [0.717, 1.165) is 18.4 Å². The van der Waals surface area contributed by atoms with E-state index in [4.69, 9.17) is 14.7 Å². The molecule has 1 unspecified atom stereocenters. The quantitative estimate of drug-likeness (QED) is 0.275.